The lowest BCUT2D eigenvalue weighted by Crippen LogP contribution is -2.51. The number of carbonyl (C=O) groups is 1. The van der Waals surface area contributed by atoms with Crippen LogP contribution in [0.15, 0.2) is 23.2 Å². The molecular weight excluding hydrogens is 258 g/mol. The van der Waals surface area contributed by atoms with Crippen LogP contribution in [-0.2, 0) is 6.54 Å². The highest BCUT2D eigenvalue weighted by atomic mass is 16.5. The molecule has 0 bridgehead atoms. The maximum Gasteiger partial charge on any atom is 0.276 e. The van der Waals surface area contributed by atoms with E-state index in [9.17, 15) is 4.79 Å². The summed E-state index contributed by atoms with van der Waals surface area (Å²) < 4.78 is 7.02. The third-order valence-electron chi connectivity index (χ3n) is 3.88. The minimum Gasteiger partial charge on any atom is -0.360 e. The Kier molecular flexibility index (Phi) is 2.58. The molecule has 0 N–H and O–H groups in total. The van der Waals surface area contributed by atoms with Gasteiger partial charge in [0.25, 0.3) is 5.91 Å². The second kappa shape index (κ2) is 4.43. The van der Waals surface area contributed by atoms with Crippen LogP contribution in [0.3, 0.4) is 0 Å². The quantitative estimate of drug-likeness (QED) is 0.827. The van der Waals surface area contributed by atoms with Crippen molar-refractivity contribution in [3.05, 3.63) is 30.2 Å². The predicted molar refractivity (Wildman–Crippen MR) is 67.9 cm³/mol. The summed E-state index contributed by atoms with van der Waals surface area (Å²) in [7, 11) is 0. The van der Waals surface area contributed by atoms with Gasteiger partial charge < -0.3 is 9.42 Å². The fourth-order valence-electron chi connectivity index (χ4n) is 2.56. The van der Waals surface area contributed by atoms with Crippen LogP contribution in [0.25, 0.3) is 0 Å². The summed E-state index contributed by atoms with van der Waals surface area (Å²) in [5.74, 6) is 1.75. The molecule has 4 rings (SSSR count). The first-order valence-electron chi connectivity index (χ1n) is 6.88. The van der Waals surface area contributed by atoms with Crippen molar-refractivity contribution in [2.45, 2.75) is 25.3 Å². The van der Waals surface area contributed by atoms with Gasteiger partial charge in [-0.05, 0) is 12.8 Å². The molecule has 104 valence electrons. The second-order valence-corrected chi connectivity index (χ2v) is 5.58. The van der Waals surface area contributed by atoms with E-state index in [0.717, 1.165) is 38.2 Å². The zero-order chi connectivity index (χ0) is 13.5. The molecule has 1 saturated heterocycles. The highest BCUT2D eigenvalue weighted by Crippen LogP contribution is 2.40. The van der Waals surface area contributed by atoms with Crippen LogP contribution >= 0.6 is 0 Å². The predicted octanol–water partition coefficient (Wildman–Crippen LogP) is 0.916. The zero-order valence-electron chi connectivity index (χ0n) is 11.0. The number of likely N-dealkylation sites (tertiary alicyclic amines) is 1. The maximum absolute atomic E-state index is 12.2. The number of rotatable bonds is 4. The van der Waals surface area contributed by atoms with Crippen molar-refractivity contribution in [2.75, 3.05) is 13.1 Å². The highest BCUT2D eigenvalue weighted by Gasteiger charge is 2.34. The van der Waals surface area contributed by atoms with Crippen molar-refractivity contribution in [1.82, 2.24) is 24.8 Å². The molecule has 20 heavy (non-hydrogen) atoms. The number of nitrogens with zero attached hydrogens (tertiary/aromatic N) is 5. The monoisotopic (exact) mass is 273 g/mol. The Hall–Kier alpha value is -2.18. The first-order valence-corrected chi connectivity index (χ1v) is 6.88. The molecule has 7 nitrogen and oxygen atoms in total. The van der Waals surface area contributed by atoms with Gasteiger partial charge in [0.15, 0.2) is 5.69 Å². The van der Waals surface area contributed by atoms with Crippen LogP contribution in [0.2, 0.25) is 0 Å². The van der Waals surface area contributed by atoms with Gasteiger partial charge in [-0.25, -0.2) is 4.98 Å². The van der Waals surface area contributed by atoms with Crippen molar-refractivity contribution in [1.29, 1.82) is 0 Å². The Bertz CT molecular complexity index is 611. The van der Waals surface area contributed by atoms with E-state index in [1.165, 1.54) is 6.33 Å². The molecule has 1 saturated carbocycles. The normalized spacial score (nSPS) is 19.1. The van der Waals surface area contributed by atoms with Crippen molar-refractivity contribution in [2.24, 2.45) is 5.92 Å². The lowest BCUT2D eigenvalue weighted by Gasteiger charge is -2.38. The lowest BCUT2D eigenvalue weighted by molar-refractivity contribution is 0.0451. The fraction of sp³-hybridized carbons (Fsp3) is 0.538. The average Bonchev–Trinajstić information content (AvgIpc) is 2.93. The molecule has 2 aromatic rings. The van der Waals surface area contributed by atoms with Crippen molar-refractivity contribution in [3.63, 3.8) is 0 Å². The van der Waals surface area contributed by atoms with E-state index in [2.05, 4.69) is 15.2 Å². The molecule has 0 atom stereocenters. The Labute approximate surface area is 115 Å². The third-order valence-corrected chi connectivity index (χ3v) is 3.88. The van der Waals surface area contributed by atoms with Crippen LogP contribution < -0.4 is 0 Å². The van der Waals surface area contributed by atoms with E-state index in [1.54, 1.807) is 22.0 Å². The highest BCUT2D eigenvalue weighted by molar-refractivity contribution is 5.92. The molecule has 2 aromatic heterocycles. The molecule has 1 amide bonds. The maximum atomic E-state index is 12.2. The minimum atomic E-state index is -0.0320. The van der Waals surface area contributed by atoms with Gasteiger partial charge in [0.2, 0.25) is 0 Å². The average molecular weight is 273 g/mol. The van der Waals surface area contributed by atoms with Gasteiger partial charge in [-0.3, -0.25) is 9.48 Å². The summed E-state index contributed by atoms with van der Waals surface area (Å²) in [5, 5.41) is 7.96. The molecule has 0 radical (unpaired) electrons. The van der Waals surface area contributed by atoms with Crippen LogP contribution in [0.4, 0.5) is 0 Å². The van der Waals surface area contributed by atoms with E-state index in [4.69, 9.17) is 4.52 Å². The number of hydrogen-bond acceptors (Lipinski definition) is 5. The van der Waals surface area contributed by atoms with Gasteiger partial charge in [-0.2, -0.15) is 5.10 Å². The Balaban J connectivity index is 1.34. The van der Waals surface area contributed by atoms with Gasteiger partial charge in [0.1, 0.15) is 18.4 Å². The van der Waals surface area contributed by atoms with Gasteiger partial charge >= 0.3 is 0 Å². The summed E-state index contributed by atoms with van der Waals surface area (Å²) in [6.07, 6.45) is 5.51. The van der Waals surface area contributed by atoms with Crippen LogP contribution in [-0.4, -0.2) is 43.8 Å². The van der Waals surface area contributed by atoms with Crippen molar-refractivity contribution < 1.29 is 9.32 Å². The number of aromatic nitrogens is 4. The molecule has 2 aliphatic rings. The summed E-state index contributed by atoms with van der Waals surface area (Å²) >= 11 is 0. The van der Waals surface area contributed by atoms with Gasteiger partial charge in [0.05, 0.1) is 0 Å². The lowest BCUT2D eigenvalue weighted by atomic mass is 10.00. The van der Waals surface area contributed by atoms with E-state index >= 15 is 0 Å². The number of amides is 1. The first kappa shape index (κ1) is 11.6. The molecule has 0 unspecified atom stereocenters. The van der Waals surface area contributed by atoms with Gasteiger partial charge in [-0.1, -0.05) is 5.16 Å². The molecule has 2 fully saturated rings. The van der Waals surface area contributed by atoms with Crippen LogP contribution in [0, 0.1) is 5.92 Å². The van der Waals surface area contributed by atoms with E-state index in [1.807, 2.05) is 0 Å². The number of carbonyl (C=O) groups excluding carboxylic acids is 1. The molecular formula is C13H15N5O2. The minimum absolute atomic E-state index is 0.0320. The molecule has 0 spiro atoms. The molecule has 1 aliphatic carbocycles. The van der Waals surface area contributed by atoms with E-state index < -0.39 is 0 Å². The number of hydrogen-bond donors (Lipinski definition) is 0. The van der Waals surface area contributed by atoms with Gasteiger partial charge in [0, 0.05) is 37.5 Å². The largest absolute Gasteiger partial charge is 0.360 e. The standard InChI is InChI=1S/C13H15N5O2/c19-13(11-3-12(20-16-11)10-1-2-10)17-4-9(5-17)6-18-8-14-7-15-18/h3,7-10H,1-2,4-6H2. The summed E-state index contributed by atoms with van der Waals surface area (Å²) in [5.41, 5.74) is 0.436. The molecule has 7 heteroatoms. The van der Waals surface area contributed by atoms with Crippen molar-refractivity contribution in [3.8, 4) is 0 Å². The Morgan fingerprint density at radius 2 is 2.25 bits per heavy atom. The smallest absolute Gasteiger partial charge is 0.276 e. The third kappa shape index (κ3) is 2.09. The van der Waals surface area contributed by atoms with Crippen molar-refractivity contribution >= 4 is 5.91 Å². The summed E-state index contributed by atoms with van der Waals surface area (Å²) in [6, 6.07) is 1.80. The Morgan fingerprint density at radius 3 is 2.95 bits per heavy atom. The molecule has 1 aliphatic heterocycles. The summed E-state index contributed by atoms with van der Waals surface area (Å²) in [6.45, 7) is 2.28. The fourth-order valence-corrected chi connectivity index (χ4v) is 2.56. The summed E-state index contributed by atoms with van der Waals surface area (Å²) in [4.78, 5) is 17.9. The second-order valence-electron chi connectivity index (χ2n) is 5.58. The first-order chi connectivity index (χ1) is 9.79. The molecule has 3 heterocycles. The van der Waals surface area contributed by atoms with Crippen LogP contribution in [0.5, 0.6) is 0 Å². The van der Waals surface area contributed by atoms with Gasteiger partial charge in [-0.15, -0.1) is 0 Å². The van der Waals surface area contributed by atoms with E-state index in [0.29, 0.717) is 17.5 Å². The SMILES string of the molecule is O=C(c1cc(C2CC2)on1)N1CC(Cn2cncn2)C1. The molecule has 0 aromatic carbocycles. The Morgan fingerprint density at radius 1 is 1.40 bits per heavy atom. The topological polar surface area (TPSA) is 77.0 Å². The zero-order valence-corrected chi connectivity index (χ0v) is 11.0. The van der Waals surface area contributed by atoms with Crippen LogP contribution in [0.1, 0.15) is 35.0 Å². The van der Waals surface area contributed by atoms with E-state index in [-0.39, 0.29) is 5.91 Å².